The molecule has 168 valence electrons. The first kappa shape index (κ1) is 21.5. The molecule has 0 saturated carbocycles. The molecule has 1 fully saturated rings. The Morgan fingerprint density at radius 1 is 1.06 bits per heavy atom. The average molecular weight is 482 g/mol. The number of hydrogen-bond acceptors (Lipinski definition) is 7. The van der Waals surface area contributed by atoms with Crippen LogP contribution >= 0.6 is 23.1 Å². The highest BCUT2D eigenvalue weighted by atomic mass is 32.2. The minimum Gasteiger partial charge on any atom is -0.497 e. The third-order valence-electron chi connectivity index (χ3n) is 5.72. The SMILES string of the molecule is COc1ccc([C@@H]2c3sc(=O)n(CC(=O)Nc4ccccc4)c3S[C@@H]3C(=O)NC(=O)[C@H]23)cc1. The van der Waals surface area contributed by atoms with Gasteiger partial charge in [0.25, 0.3) is 0 Å². The minimum atomic E-state index is -0.672. The van der Waals surface area contributed by atoms with E-state index in [9.17, 15) is 19.2 Å². The van der Waals surface area contributed by atoms with E-state index in [-0.39, 0.29) is 29.1 Å². The van der Waals surface area contributed by atoms with Crippen LogP contribution < -0.4 is 20.2 Å². The summed E-state index contributed by atoms with van der Waals surface area (Å²) in [5.74, 6) is -1.51. The van der Waals surface area contributed by atoms with Crippen molar-refractivity contribution < 1.29 is 19.1 Å². The number of amides is 3. The van der Waals surface area contributed by atoms with Crippen molar-refractivity contribution in [2.24, 2.45) is 5.92 Å². The second-order valence-electron chi connectivity index (χ2n) is 7.71. The number of para-hydroxylation sites is 1. The standard InChI is InChI=1S/C23H19N3O5S2/c1-31-14-9-7-12(8-10-14)16-17-18(21(29)25-20(17)28)32-22-19(16)33-23(30)26(22)11-15(27)24-13-5-3-2-4-6-13/h2-10,16-18H,11H2,1H3,(H,24,27)(H,25,28,29)/t16-,17+,18-/m0/s1. The van der Waals surface area contributed by atoms with Crippen molar-refractivity contribution in [3.63, 3.8) is 0 Å². The predicted molar refractivity (Wildman–Crippen MR) is 125 cm³/mol. The Balaban J connectivity index is 1.54. The number of carbonyl (C=O) groups is 3. The van der Waals surface area contributed by atoms with Crippen LogP contribution in [0.5, 0.6) is 5.75 Å². The summed E-state index contributed by atoms with van der Waals surface area (Å²) in [7, 11) is 1.57. The van der Waals surface area contributed by atoms with Crippen LogP contribution in [0.4, 0.5) is 5.69 Å². The number of hydrogen-bond donors (Lipinski definition) is 2. The normalized spacial score (nSPS) is 21.2. The number of nitrogens with one attached hydrogen (secondary N) is 2. The zero-order chi connectivity index (χ0) is 23.1. The van der Waals surface area contributed by atoms with E-state index in [0.717, 1.165) is 16.9 Å². The zero-order valence-corrected chi connectivity index (χ0v) is 19.1. The van der Waals surface area contributed by atoms with Gasteiger partial charge in [0.15, 0.2) is 0 Å². The van der Waals surface area contributed by atoms with Crippen molar-refractivity contribution in [3.8, 4) is 5.75 Å². The number of carbonyl (C=O) groups excluding carboxylic acids is 3. The molecular formula is C23H19N3O5S2. The molecule has 1 aromatic heterocycles. The largest absolute Gasteiger partial charge is 0.497 e. The molecule has 0 unspecified atom stereocenters. The summed E-state index contributed by atoms with van der Waals surface area (Å²) in [6.45, 7) is -0.186. The quantitative estimate of drug-likeness (QED) is 0.542. The van der Waals surface area contributed by atoms with E-state index in [0.29, 0.717) is 21.3 Å². The van der Waals surface area contributed by atoms with Crippen LogP contribution in [0.3, 0.4) is 0 Å². The van der Waals surface area contributed by atoms with Gasteiger partial charge in [0, 0.05) is 16.5 Å². The van der Waals surface area contributed by atoms with Gasteiger partial charge < -0.3 is 10.1 Å². The van der Waals surface area contributed by atoms with Gasteiger partial charge in [-0.15, -0.1) is 0 Å². The lowest BCUT2D eigenvalue weighted by Crippen LogP contribution is -2.32. The van der Waals surface area contributed by atoms with Gasteiger partial charge in [0.2, 0.25) is 17.7 Å². The summed E-state index contributed by atoms with van der Waals surface area (Å²) in [5.41, 5.74) is 1.43. The van der Waals surface area contributed by atoms with Crippen molar-refractivity contribution in [3.05, 3.63) is 74.7 Å². The number of aromatic nitrogens is 1. The van der Waals surface area contributed by atoms with E-state index < -0.39 is 17.1 Å². The van der Waals surface area contributed by atoms with Gasteiger partial charge in [-0.2, -0.15) is 0 Å². The van der Waals surface area contributed by atoms with Gasteiger partial charge in [-0.05, 0) is 29.8 Å². The first-order valence-electron chi connectivity index (χ1n) is 10.2. The molecule has 2 aliphatic rings. The number of fused-ring (bicyclic) bond motifs is 2. The number of thioether (sulfide) groups is 1. The molecule has 0 bridgehead atoms. The Kier molecular flexibility index (Phi) is 5.55. The highest BCUT2D eigenvalue weighted by molar-refractivity contribution is 8.00. The van der Waals surface area contributed by atoms with E-state index in [1.165, 1.54) is 16.3 Å². The Labute approximate surface area is 197 Å². The Hall–Kier alpha value is -3.37. The van der Waals surface area contributed by atoms with E-state index in [1.54, 1.807) is 43.5 Å². The molecule has 10 heteroatoms. The molecule has 5 rings (SSSR count). The van der Waals surface area contributed by atoms with Crippen LogP contribution in [0.2, 0.25) is 0 Å². The number of nitrogens with zero attached hydrogens (tertiary/aromatic N) is 1. The average Bonchev–Trinajstić information content (AvgIpc) is 3.28. The molecule has 33 heavy (non-hydrogen) atoms. The molecule has 3 amide bonds. The summed E-state index contributed by atoms with van der Waals surface area (Å²) in [5, 5.41) is 5.09. The van der Waals surface area contributed by atoms with Crippen molar-refractivity contribution in [2.45, 2.75) is 22.7 Å². The van der Waals surface area contributed by atoms with Gasteiger partial charge in [0.05, 0.1) is 18.1 Å². The van der Waals surface area contributed by atoms with Gasteiger partial charge in [-0.25, -0.2) is 0 Å². The Morgan fingerprint density at radius 3 is 2.48 bits per heavy atom. The van der Waals surface area contributed by atoms with E-state index in [1.807, 2.05) is 18.2 Å². The monoisotopic (exact) mass is 481 g/mol. The highest BCUT2D eigenvalue weighted by Gasteiger charge is 2.52. The summed E-state index contributed by atoms with van der Waals surface area (Å²) < 4.78 is 6.63. The molecule has 3 atom stereocenters. The summed E-state index contributed by atoms with van der Waals surface area (Å²) in [6.07, 6.45) is 0. The number of methoxy groups -OCH3 is 1. The molecule has 2 aromatic carbocycles. The molecule has 2 N–H and O–H groups in total. The van der Waals surface area contributed by atoms with Crippen LogP contribution in [0.1, 0.15) is 16.4 Å². The summed E-state index contributed by atoms with van der Waals surface area (Å²) in [4.78, 5) is 51.2. The molecule has 0 radical (unpaired) electrons. The first-order valence-corrected chi connectivity index (χ1v) is 11.9. The minimum absolute atomic E-state index is 0.186. The van der Waals surface area contributed by atoms with Crippen molar-refractivity contribution in [1.82, 2.24) is 9.88 Å². The summed E-state index contributed by atoms with van der Waals surface area (Å²) >= 11 is 2.19. The third-order valence-corrected chi connectivity index (χ3v) is 8.34. The van der Waals surface area contributed by atoms with Crippen molar-refractivity contribution >= 4 is 46.5 Å². The van der Waals surface area contributed by atoms with Crippen LogP contribution in [0.25, 0.3) is 0 Å². The first-order chi connectivity index (χ1) is 16.0. The van der Waals surface area contributed by atoms with Crippen molar-refractivity contribution in [2.75, 3.05) is 12.4 Å². The fourth-order valence-electron chi connectivity index (χ4n) is 4.21. The van der Waals surface area contributed by atoms with E-state index in [4.69, 9.17) is 4.74 Å². The zero-order valence-electron chi connectivity index (χ0n) is 17.4. The molecular weight excluding hydrogens is 462 g/mol. The van der Waals surface area contributed by atoms with Crippen LogP contribution in [0.15, 0.2) is 64.4 Å². The maximum Gasteiger partial charge on any atom is 0.308 e. The highest BCUT2D eigenvalue weighted by Crippen LogP contribution is 2.51. The molecule has 2 aliphatic heterocycles. The van der Waals surface area contributed by atoms with Crippen LogP contribution in [-0.4, -0.2) is 34.6 Å². The summed E-state index contributed by atoms with van der Waals surface area (Å²) in [6, 6.07) is 16.2. The number of thiazole rings is 1. The fourth-order valence-corrected chi connectivity index (χ4v) is 6.95. The van der Waals surface area contributed by atoms with Crippen LogP contribution in [-0.2, 0) is 20.9 Å². The van der Waals surface area contributed by atoms with E-state index in [2.05, 4.69) is 10.6 Å². The number of ether oxygens (including phenoxy) is 1. The third kappa shape index (κ3) is 3.85. The molecule has 0 spiro atoms. The molecule has 0 aliphatic carbocycles. The van der Waals surface area contributed by atoms with Crippen molar-refractivity contribution in [1.29, 1.82) is 0 Å². The van der Waals surface area contributed by atoms with Gasteiger partial charge in [-0.1, -0.05) is 53.4 Å². The lowest BCUT2D eigenvalue weighted by molar-refractivity contribution is -0.126. The molecule has 3 heterocycles. The lowest BCUT2D eigenvalue weighted by atomic mass is 9.83. The van der Waals surface area contributed by atoms with E-state index >= 15 is 0 Å². The lowest BCUT2D eigenvalue weighted by Gasteiger charge is -2.30. The predicted octanol–water partition coefficient (Wildman–Crippen LogP) is 2.44. The van der Waals surface area contributed by atoms with Crippen LogP contribution in [0, 0.1) is 5.92 Å². The van der Waals surface area contributed by atoms with Gasteiger partial charge in [-0.3, -0.25) is 29.1 Å². The maximum atomic E-state index is 12.9. The maximum absolute atomic E-state index is 12.9. The number of imide groups is 1. The molecule has 1 saturated heterocycles. The van der Waals surface area contributed by atoms with Gasteiger partial charge in [0.1, 0.15) is 17.5 Å². The second kappa shape index (κ2) is 8.53. The number of rotatable bonds is 5. The Bertz CT molecular complexity index is 1300. The number of anilines is 1. The topological polar surface area (TPSA) is 106 Å². The smallest absolute Gasteiger partial charge is 0.308 e. The Morgan fingerprint density at radius 2 is 1.79 bits per heavy atom. The second-order valence-corrected chi connectivity index (χ2v) is 9.83. The van der Waals surface area contributed by atoms with Gasteiger partial charge >= 0.3 is 4.87 Å². The molecule has 8 nitrogen and oxygen atoms in total. The fraction of sp³-hybridized carbons (Fsp3) is 0.217. The molecule has 3 aromatic rings. The number of benzene rings is 2.